The highest BCUT2D eigenvalue weighted by Crippen LogP contribution is 2.46. The van der Waals surface area contributed by atoms with E-state index >= 15 is 0 Å². The van der Waals surface area contributed by atoms with Gasteiger partial charge in [0.25, 0.3) is 0 Å². The lowest BCUT2D eigenvalue weighted by molar-refractivity contribution is 0.390. The Bertz CT molecular complexity index is 431. The first-order valence-electron chi connectivity index (χ1n) is 5.81. The van der Waals surface area contributed by atoms with Crippen molar-refractivity contribution in [2.45, 2.75) is 26.7 Å². The molecule has 2 aliphatic rings. The van der Waals surface area contributed by atoms with E-state index < -0.39 is 0 Å². The van der Waals surface area contributed by atoms with Crippen LogP contribution in [0.25, 0.3) is 5.57 Å². The van der Waals surface area contributed by atoms with Crippen LogP contribution in [0.2, 0.25) is 0 Å². The lowest BCUT2D eigenvalue weighted by Crippen LogP contribution is -2.18. The van der Waals surface area contributed by atoms with Crippen molar-refractivity contribution in [1.82, 2.24) is 5.32 Å². The molecular weight excluding hydrogens is 182 g/mol. The highest BCUT2D eigenvalue weighted by molar-refractivity contribution is 5.82. The largest absolute Gasteiger partial charge is 0.252 e. The van der Waals surface area contributed by atoms with E-state index in [1.807, 2.05) is 0 Å². The van der Waals surface area contributed by atoms with Crippen molar-refractivity contribution in [2.24, 2.45) is 11.8 Å². The van der Waals surface area contributed by atoms with Crippen LogP contribution in [0.15, 0.2) is 30.0 Å². The minimum atomic E-state index is 0.626. The summed E-state index contributed by atoms with van der Waals surface area (Å²) in [6.07, 6.45) is 2.52. The van der Waals surface area contributed by atoms with Gasteiger partial charge in [-0.05, 0) is 30.4 Å². The van der Waals surface area contributed by atoms with Gasteiger partial charge in [-0.15, -0.1) is 0 Å². The number of hydrogen-bond acceptors (Lipinski definition) is 0. The lowest BCUT2D eigenvalue weighted by Gasteiger charge is -2.26. The molecule has 1 aromatic carbocycles. The van der Waals surface area contributed by atoms with Gasteiger partial charge in [-0.3, -0.25) is 5.32 Å². The average Bonchev–Trinajstić information content (AvgIpc) is 2.63. The monoisotopic (exact) mass is 198 g/mol. The summed E-state index contributed by atoms with van der Waals surface area (Å²) < 4.78 is 0. The Hall–Kier alpha value is -1.24. The Kier molecular flexibility index (Phi) is 1.88. The standard InChI is InChI=1S/C14H16N/c1-9-7-8-12-11-5-3-4-6-13(11)15-14(12)10(9)2/h3-6,9-10H,7-8H2,1-2H3. The third-order valence-electron chi connectivity index (χ3n) is 3.91. The highest BCUT2D eigenvalue weighted by Gasteiger charge is 2.32. The molecule has 0 spiro atoms. The van der Waals surface area contributed by atoms with Crippen LogP contribution in [0.1, 0.15) is 32.3 Å². The number of para-hydroxylation sites is 1. The van der Waals surface area contributed by atoms with Crippen LogP contribution in [0.4, 0.5) is 5.69 Å². The van der Waals surface area contributed by atoms with E-state index in [9.17, 15) is 0 Å². The van der Waals surface area contributed by atoms with Gasteiger partial charge in [0, 0.05) is 17.2 Å². The first kappa shape index (κ1) is 9.02. The van der Waals surface area contributed by atoms with Gasteiger partial charge in [0.2, 0.25) is 0 Å². The summed E-state index contributed by atoms with van der Waals surface area (Å²) in [5, 5.41) is 4.78. The fourth-order valence-corrected chi connectivity index (χ4v) is 2.69. The molecule has 3 rings (SSSR count). The molecule has 0 N–H and O–H groups in total. The molecule has 1 heterocycles. The molecule has 0 saturated carbocycles. The predicted molar refractivity (Wildman–Crippen MR) is 62.7 cm³/mol. The molecule has 1 aliphatic heterocycles. The van der Waals surface area contributed by atoms with Crippen molar-refractivity contribution in [1.29, 1.82) is 0 Å². The third-order valence-corrected chi connectivity index (χ3v) is 3.91. The van der Waals surface area contributed by atoms with Crippen LogP contribution >= 0.6 is 0 Å². The molecule has 1 nitrogen and oxygen atoms in total. The summed E-state index contributed by atoms with van der Waals surface area (Å²) >= 11 is 0. The number of allylic oxidation sites excluding steroid dienone is 2. The smallest absolute Gasteiger partial charge is 0.0708 e. The molecular formula is C14H16N. The molecule has 1 heteroatoms. The van der Waals surface area contributed by atoms with Gasteiger partial charge in [-0.2, -0.15) is 0 Å². The first-order valence-corrected chi connectivity index (χ1v) is 5.81. The molecule has 2 unspecified atom stereocenters. The maximum absolute atomic E-state index is 4.78. The first-order chi connectivity index (χ1) is 7.27. The van der Waals surface area contributed by atoms with Crippen LogP contribution in [0.3, 0.4) is 0 Å². The number of hydrogen-bond donors (Lipinski definition) is 0. The molecule has 1 radical (unpaired) electrons. The average molecular weight is 198 g/mol. The Morgan fingerprint density at radius 2 is 2.00 bits per heavy atom. The van der Waals surface area contributed by atoms with Gasteiger partial charge in [0.05, 0.1) is 5.69 Å². The molecule has 1 aliphatic carbocycles. The summed E-state index contributed by atoms with van der Waals surface area (Å²) in [5.41, 5.74) is 5.43. The van der Waals surface area contributed by atoms with Gasteiger partial charge >= 0.3 is 0 Å². The topological polar surface area (TPSA) is 14.1 Å². The van der Waals surface area contributed by atoms with Crippen LogP contribution < -0.4 is 5.32 Å². The Morgan fingerprint density at radius 1 is 1.20 bits per heavy atom. The van der Waals surface area contributed by atoms with Gasteiger partial charge in [-0.25, -0.2) is 0 Å². The highest BCUT2D eigenvalue weighted by atomic mass is 14.9. The number of nitrogens with zero attached hydrogens (tertiary/aromatic N) is 1. The molecule has 15 heavy (non-hydrogen) atoms. The van der Waals surface area contributed by atoms with Crippen LogP contribution in [0, 0.1) is 11.8 Å². The lowest BCUT2D eigenvalue weighted by atomic mass is 9.80. The van der Waals surface area contributed by atoms with E-state index in [4.69, 9.17) is 5.32 Å². The summed E-state index contributed by atoms with van der Waals surface area (Å²) in [6.45, 7) is 4.65. The number of rotatable bonds is 0. The van der Waals surface area contributed by atoms with Crippen molar-refractivity contribution in [2.75, 3.05) is 0 Å². The maximum Gasteiger partial charge on any atom is 0.0708 e. The zero-order valence-corrected chi connectivity index (χ0v) is 9.33. The molecule has 2 atom stereocenters. The second-order valence-electron chi connectivity index (χ2n) is 4.80. The van der Waals surface area contributed by atoms with Crippen LogP contribution in [-0.2, 0) is 0 Å². The molecule has 0 bridgehead atoms. The summed E-state index contributed by atoms with van der Waals surface area (Å²) in [7, 11) is 0. The van der Waals surface area contributed by atoms with Crippen molar-refractivity contribution in [3.05, 3.63) is 35.5 Å². The zero-order valence-electron chi connectivity index (χ0n) is 9.33. The quantitative estimate of drug-likeness (QED) is 0.603. The van der Waals surface area contributed by atoms with E-state index in [-0.39, 0.29) is 0 Å². The van der Waals surface area contributed by atoms with Gasteiger partial charge in [0.15, 0.2) is 0 Å². The second kappa shape index (κ2) is 3.13. The minimum absolute atomic E-state index is 0.626. The van der Waals surface area contributed by atoms with Crippen LogP contribution in [0.5, 0.6) is 0 Å². The number of benzene rings is 1. The molecule has 0 aromatic heterocycles. The Morgan fingerprint density at radius 3 is 2.87 bits per heavy atom. The van der Waals surface area contributed by atoms with Crippen molar-refractivity contribution < 1.29 is 0 Å². The molecule has 0 saturated heterocycles. The molecule has 1 aromatic rings. The normalized spacial score (nSPS) is 28.4. The SMILES string of the molecule is CC1CCC2=C([N]c3ccccc32)C1C. The fourth-order valence-electron chi connectivity index (χ4n) is 2.69. The second-order valence-corrected chi connectivity index (χ2v) is 4.80. The molecule has 0 amide bonds. The Balaban J connectivity index is 2.08. The van der Waals surface area contributed by atoms with Gasteiger partial charge < -0.3 is 0 Å². The predicted octanol–water partition coefficient (Wildman–Crippen LogP) is 3.71. The molecule has 0 fully saturated rings. The van der Waals surface area contributed by atoms with Crippen molar-refractivity contribution >= 4 is 11.3 Å². The summed E-state index contributed by atoms with van der Waals surface area (Å²) in [6, 6.07) is 8.54. The maximum atomic E-state index is 4.78. The van der Waals surface area contributed by atoms with Crippen molar-refractivity contribution in [3.63, 3.8) is 0 Å². The van der Waals surface area contributed by atoms with Crippen molar-refractivity contribution in [3.8, 4) is 0 Å². The minimum Gasteiger partial charge on any atom is -0.252 e. The fraction of sp³-hybridized carbons (Fsp3) is 0.429. The van der Waals surface area contributed by atoms with E-state index in [2.05, 4.69) is 38.1 Å². The van der Waals surface area contributed by atoms with Gasteiger partial charge in [-0.1, -0.05) is 32.0 Å². The summed E-state index contributed by atoms with van der Waals surface area (Å²) in [5.74, 6) is 1.41. The van der Waals surface area contributed by atoms with E-state index in [1.165, 1.54) is 35.4 Å². The zero-order chi connectivity index (χ0) is 10.4. The number of fused-ring (bicyclic) bond motifs is 2. The van der Waals surface area contributed by atoms with E-state index in [0.29, 0.717) is 5.92 Å². The van der Waals surface area contributed by atoms with Crippen LogP contribution in [-0.4, -0.2) is 0 Å². The third kappa shape index (κ3) is 1.22. The van der Waals surface area contributed by atoms with Gasteiger partial charge in [0.1, 0.15) is 0 Å². The summed E-state index contributed by atoms with van der Waals surface area (Å²) in [4.78, 5) is 0. The van der Waals surface area contributed by atoms with E-state index in [1.54, 1.807) is 0 Å². The van der Waals surface area contributed by atoms with E-state index in [0.717, 1.165) is 5.92 Å². The Labute approximate surface area is 91.2 Å². The molecule has 77 valence electrons.